The molecule has 1 fully saturated rings. The normalized spacial score (nSPS) is 39.6. The summed E-state index contributed by atoms with van der Waals surface area (Å²) in [6, 6.07) is 0. The molecule has 0 bridgehead atoms. The number of aldehydes is 1. The van der Waals surface area contributed by atoms with E-state index in [0.717, 1.165) is 12.8 Å². The lowest BCUT2D eigenvalue weighted by molar-refractivity contribution is -0.223. The van der Waals surface area contributed by atoms with Gasteiger partial charge in [0.05, 0.1) is 6.10 Å². The van der Waals surface area contributed by atoms with Crippen LogP contribution in [0.5, 0.6) is 0 Å². The average Bonchev–Trinajstić information content (AvgIpc) is 2.28. The zero-order chi connectivity index (χ0) is 12.1. The van der Waals surface area contributed by atoms with Gasteiger partial charge in [-0.1, -0.05) is 13.3 Å². The zero-order valence-corrected chi connectivity index (χ0v) is 9.70. The molecule has 5 nitrogen and oxygen atoms in total. The third-order valence-electron chi connectivity index (χ3n) is 2.80. The number of ether oxygens (including phenoxy) is 2. The number of unbranched alkanes of at least 4 members (excludes halogenated alkanes) is 1. The lowest BCUT2D eigenvalue weighted by Crippen LogP contribution is -2.58. The maximum Gasteiger partial charge on any atom is 0.151 e. The molecule has 1 rings (SSSR count). The van der Waals surface area contributed by atoms with Crippen molar-refractivity contribution in [3.63, 3.8) is 0 Å². The van der Waals surface area contributed by atoms with E-state index in [1.165, 1.54) is 0 Å². The van der Waals surface area contributed by atoms with E-state index < -0.39 is 30.5 Å². The quantitative estimate of drug-likeness (QED) is 0.510. The Morgan fingerprint density at radius 3 is 2.62 bits per heavy atom. The fourth-order valence-corrected chi connectivity index (χ4v) is 1.74. The fraction of sp³-hybridized carbons (Fsp3) is 0.909. The molecule has 0 aromatic carbocycles. The molecule has 5 atom stereocenters. The van der Waals surface area contributed by atoms with Gasteiger partial charge >= 0.3 is 0 Å². The molecular formula is C11H20O5. The molecule has 0 amide bonds. The van der Waals surface area contributed by atoms with E-state index in [4.69, 9.17) is 9.47 Å². The molecule has 2 N–H and O–H groups in total. The Labute approximate surface area is 95.4 Å². The molecule has 1 heterocycles. The van der Waals surface area contributed by atoms with Gasteiger partial charge in [0.25, 0.3) is 0 Å². The smallest absolute Gasteiger partial charge is 0.151 e. The SMILES string of the molecule is CCCCOC1C(O)[C@H](C)OC(C=O)[C@H]1O. The minimum atomic E-state index is -1.10. The van der Waals surface area contributed by atoms with Crippen molar-refractivity contribution in [2.45, 2.75) is 57.2 Å². The van der Waals surface area contributed by atoms with Crippen LogP contribution >= 0.6 is 0 Å². The van der Waals surface area contributed by atoms with Gasteiger partial charge in [-0.25, -0.2) is 0 Å². The Hall–Kier alpha value is -0.490. The van der Waals surface area contributed by atoms with Crippen molar-refractivity contribution in [1.82, 2.24) is 0 Å². The van der Waals surface area contributed by atoms with Gasteiger partial charge in [-0.3, -0.25) is 0 Å². The lowest BCUT2D eigenvalue weighted by atomic mass is 9.96. The number of aliphatic hydroxyl groups excluding tert-OH is 2. The monoisotopic (exact) mass is 232 g/mol. The summed E-state index contributed by atoms with van der Waals surface area (Å²) in [6.07, 6.45) is -1.79. The topological polar surface area (TPSA) is 76.0 Å². The van der Waals surface area contributed by atoms with Crippen molar-refractivity contribution in [1.29, 1.82) is 0 Å². The zero-order valence-electron chi connectivity index (χ0n) is 9.70. The standard InChI is InChI=1S/C11H20O5/c1-3-4-5-15-11-9(13)7(2)16-8(6-12)10(11)14/h6-11,13-14H,3-5H2,1-2H3/t7-,8?,9?,10+,11?/m0/s1. The Morgan fingerprint density at radius 2 is 2.06 bits per heavy atom. The van der Waals surface area contributed by atoms with Crippen molar-refractivity contribution in [3.05, 3.63) is 0 Å². The van der Waals surface area contributed by atoms with Crippen LogP contribution in [0, 0.1) is 0 Å². The molecule has 5 heteroatoms. The predicted molar refractivity (Wildman–Crippen MR) is 57.1 cm³/mol. The van der Waals surface area contributed by atoms with E-state index in [1.807, 2.05) is 6.92 Å². The van der Waals surface area contributed by atoms with Gasteiger partial charge in [0, 0.05) is 6.61 Å². The molecular weight excluding hydrogens is 212 g/mol. The fourth-order valence-electron chi connectivity index (χ4n) is 1.74. The van der Waals surface area contributed by atoms with E-state index in [1.54, 1.807) is 6.92 Å². The molecule has 1 saturated heterocycles. The Morgan fingerprint density at radius 1 is 1.38 bits per heavy atom. The van der Waals surface area contributed by atoms with Gasteiger partial charge in [-0.15, -0.1) is 0 Å². The molecule has 0 aliphatic carbocycles. The molecule has 3 unspecified atom stereocenters. The minimum absolute atomic E-state index is 0.466. The summed E-state index contributed by atoms with van der Waals surface area (Å²) in [5, 5.41) is 19.6. The van der Waals surface area contributed by atoms with Crippen LogP contribution in [0.1, 0.15) is 26.7 Å². The molecule has 94 valence electrons. The molecule has 0 aromatic heterocycles. The summed E-state index contributed by atoms with van der Waals surface area (Å²) in [4.78, 5) is 10.7. The molecule has 16 heavy (non-hydrogen) atoms. The van der Waals surface area contributed by atoms with Crippen LogP contribution < -0.4 is 0 Å². The maximum absolute atomic E-state index is 10.7. The molecule has 1 aliphatic rings. The minimum Gasteiger partial charge on any atom is -0.388 e. The third-order valence-corrected chi connectivity index (χ3v) is 2.80. The molecule has 0 radical (unpaired) electrons. The van der Waals surface area contributed by atoms with E-state index in [9.17, 15) is 15.0 Å². The summed E-state index contributed by atoms with van der Waals surface area (Å²) in [5.74, 6) is 0. The summed E-state index contributed by atoms with van der Waals surface area (Å²) >= 11 is 0. The first kappa shape index (κ1) is 13.6. The van der Waals surface area contributed by atoms with Crippen molar-refractivity contribution in [3.8, 4) is 0 Å². The first-order chi connectivity index (χ1) is 7.61. The second kappa shape index (κ2) is 6.30. The van der Waals surface area contributed by atoms with E-state index in [-0.39, 0.29) is 0 Å². The van der Waals surface area contributed by atoms with Crippen molar-refractivity contribution in [2.24, 2.45) is 0 Å². The maximum atomic E-state index is 10.7. The molecule has 0 saturated carbocycles. The highest BCUT2D eigenvalue weighted by Gasteiger charge is 2.43. The molecule has 0 aromatic rings. The highest BCUT2D eigenvalue weighted by atomic mass is 16.6. The van der Waals surface area contributed by atoms with E-state index in [0.29, 0.717) is 12.9 Å². The third kappa shape index (κ3) is 3.01. The molecule has 0 spiro atoms. The second-order valence-electron chi connectivity index (χ2n) is 4.11. The first-order valence-corrected chi connectivity index (χ1v) is 5.70. The van der Waals surface area contributed by atoms with Crippen LogP contribution in [-0.4, -0.2) is 53.6 Å². The first-order valence-electron chi connectivity index (χ1n) is 5.70. The van der Waals surface area contributed by atoms with Crippen LogP contribution in [0.2, 0.25) is 0 Å². The van der Waals surface area contributed by atoms with Gasteiger partial charge in [0.15, 0.2) is 6.29 Å². The van der Waals surface area contributed by atoms with Gasteiger partial charge in [-0.2, -0.15) is 0 Å². The van der Waals surface area contributed by atoms with E-state index >= 15 is 0 Å². The largest absolute Gasteiger partial charge is 0.388 e. The Kier molecular flexibility index (Phi) is 5.34. The number of aliphatic hydroxyl groups is 2. The average molecular weight is 232 g/mol. The summed E-state index contributed by atoms with van der Waals surface area (Å²) in [6.45, 7) is 4.15. The van der Waals surface area contributed by atoms with Gasteiger partial charge in [0.1, 0.15) is 24.4 Å². The van der Waals surface area contributed by atoms with Crippen LogP contribution in [0.25, 0.3) is 0 Å². The summed E-state index contributed by atoms with van der Waals surface area (Å²) in [7, 11) is 0. The summed E-state index contributed by atoms with van der Waals surface area (Å²) < 4.78 is 10.6. The number of hydrogen-bond donors (Lipinski definition) is 2. The highest BCUT2D eigenvalue weighted by Crippen LogP contribution is 2.22. The van der Waals surface area contributed by atoms with Crippen LogP contribution in [-0.2, 0) is 14.3 Å². The van der Waals surface area contributed by atoms with Gasteiger partial charge < -0.3 is 24.5 Å². The summed E-state index contributed by atoms with van der Waals surface area (Å²) in [5.41, 5.74) is 0. The highest BCUT2D eigenvalue weighted by molar-refractivity contribution is 5.57. The lowest BCUT2D eigenvalue weighted by Gasteiger charge is -2.39. The van der Waals surface area contributed by atoms with Crippen LogP contribution in [0.3, 0.4) is 0 Å². The van der Waals surface area contributed by atoms with Crippen molar-refractivity contribution >= 4 is 6.29 Å². The van der Waals surface area contributed by atoms with Crippen LogP contribution in [0.4, 0.5) is 0 Å². The number of carbonyl (C=O) groups excluding carboxylic acids is 1. The number of rotatable bonds is 5. The molecule has 1 aliphatic heterocycles. The Balaban J connectivity index is 2.58. The number of carbonyl (C=O) groups is 1. The Bertz CT molecular complexity index is 220. The second-order valence-corrected chi connectivity index (χ2v) is 4.11. The van der Waals surface area contributed by atoms with E-state index in [2.05, 4.69) is 0 Å². The number of hydrogen-bond acceptors (Lipinski definition) is 5. The van der Waals surface area contributed by atoms with Gasteiger partial charge in [-0.05, 0) is 13.3 Å². The van der Waals surface area contributed by atoms with Crippen molar-refractivity contribution in [2.75, 3.05) is 6.61 Å². The van der Waals surface area contributed by atoms with Crippen molar-refractivity contribution < 1.29 is 24.5 Å². The van der Waals surface area contributed by atoms with Crippen LogP contribution in [0.15, 0.2) is 0 Å². The van der Waals surface area contributed by atoms with Gasteiger partial charge in [0.2, 0.25) is 0 Å². The predicted octanol–water partition coefficient (Wildman–Crippen LogP) is -0.120.